The van der Waals surface area contributed by atoms with Gasteiger partial charge in [0.1, 0.15) is 0 Å². The van der Waals surface area contributed by atoms with Crippen LogP contribution in [-0.2, 0) is 9.78 Å². The van der Waals surface area contributed by atoms with Gasteiger partial charge < -0.3 is 0 Å². The Balaban J connectivity index is 2.13. The maximum atomic E-state index is 5.47. The molecule has 0 bridgehead atoms. The van der Waals surface area contributed by atoms with E-state index in [1.54, 1.807) is 0 Å². The molecule has 0 aromatic rings. The van der Waals surface area contributed by atoms with Gasteiger partial charge in [0.25, 0.3) is 0 Å². The number of rotatable bonds is 13. The minimum Gasteiger partial charge on any atom is -0.236 e. The Labute approximate surface area is 126 Å². The normalized spacial score (nSPS) is 20.4. The second kappa shape index (κ2) is 12.6. The molecule has 2 heteroatoms. The molecule has 1 rings (SSSR count). The van der Waals surface area contributed by atoms with Crippen LogP contribution in [0, 0.1) is 5.92 Å². The summed E-state index contributed by atoms with van der Waals surface area (Å²) >= 11 is 0. The summed E-state index contributed by atoms with van der Waals surface area (Å²) in [6, 6.07) is 0. The van der Waals surface area contributed by atoms with Crippen LogP contribution in [-0.4, -0.2) is 12.7 Å². The van der Waals surface area contributed by atoms with Crippen LogP contribution in [0.3, 0.4) is 0 Å². The van der Waals surface area contributed by atoms with Crippen molar-refractivity contribution in [1.29, 1.82) is 0 Å². The molecule has 120 valence electrons. The quantitative estimate of drug-likeness (QED) is 0.303. The molecule has 0 radical (unpaired) electrons. The topological polar surface area (TPSA) is 18.5 Å². The third kappa shape index (κ3) is 8.26. The minimum atomic E-state index is 0.382. The summed E-state index contributed by atoms with van der Waals surface area (Å²) in [4.78, 5) is 10.6. The number of hydrogen-bond acceptors (Lipinski definition) is 2. The first-order chi connectivity index (χ1) is 9.88. The van der Waals surface area contributed by atoms with E-state index in [9.17, 15) is 0 Å². The van der Waals surface area contributed by atoms with Crippen molar-refractivity contribution < 1.29 is 9.78 Å². The van der Waals surface area contributed by atoms with E-state index >= 15 is 0 Å². The zero-order valence-electron chi connectivity index (χ0n) is 13.9. The van der Waals surface area contributed by atoms with Crippen molar-refractivity contribution in [2.75, 3.05) is 6.61 Å². The fraction of sp³-hybridized carbons (Fsp3) is 1.00. The van der Waals surface area contributed by atoms with E-state index in [-0.39, 0.29) is 0 Å². The van der Waals surface area contributed by atoms with Gasteiger partial charge in [-0.25, -0.2) is 9.78 Å². The van der Waals surface area contributed by atoms with Gasteiger partial charge in [-0.05, 0) is 18.8 Å². The van der Waals surface area contributed by atoms with Gasteiger partial charge in [-0.1, -0.05) is 78.1 Å². The summed E-state index contributed by atoms with van der Waals surface area (Å²) in [6.07, 6.45) is 18.0. The summed E-state index contributed by atoms with van der Waals surface area (Å²) in [7, 11) is 0. The van der Waals surface area contributed by atoms with Crippen LogP contribution >= 0.6 is 0 Å². The molecule has 0 aromatic carbocycles. The highest BCUT2D eigenvalue weighted by atomic mass is 17.2. The Kier molecular flexibility index (Phi) is 11.4. The lowest BCUT2D eigenvalue weighted by molar-refractivity contribution is -0.283. The molecule has 2 nitrogen and oxygen atoms in total. The second-order valence-electron chi connectivity index (χ2n) is 6.41. The van der Waals surface area contributed by atoms with E-state index < -0.39 is 0 Å². The van der Waals surface area contributed by atoms with Crippen molar-refractivity contribution in [3.63, 3.8) is 0 Å². The van der Waals surface area contributed by atoms with Gasteiger partial charge in [0.15, 0.2) is 0 Å². The van der Waals surface area contributed by atoms with Gasteiger partial charge >= 0.3 is 0 Å². The lowest BCUT2D eigenvalue weighted by Crippen LogP contribution is -2.19. The van der Waals surface area contributed by atoms with Crippen molar-refractivity contribution >= 4 is 0 Å². The third-order valence-corrected chi connectivity index (χ3v) is 4.56. The summed E-state index contributed by atoms with van der Waals surface area (Å²) in [5, 5.41) is 0. The van der Waals surface area contributed by atoms with Gasteiger partial charge in [0.2, 0.25) is 0 Å². The van der Waals surface area contributed by atoms with Crippen LogP contribution in [0.1, 0.15) is 97.3 Å². The smallest absolute Gasteiger partial charge is 0.0981 e. The lowest BCUT2D eigenvalue weighted by Gasteiger charge is -2.21. The zero-order chi connectivity index (χ0) is 14.5. The van der Waals surface area contributed by atoms with Gasteiger partial charge in [-0.3, -0.25) is 0 Å². The summed E-state index contributed by atoms with van der Waals surface area (Å²) in [6.45, 7) is 5.36. The molecule has 1 heterocycles. The number of hydrogen-bond donors (Lipinski definition) is 0. The Hall–Kier alpha value is -0.0800. The fourth-order valence-corrected chi connectivity index (χ4v) is 3.20. The fourth-order valence-electron chi connectivity index (χ4n) is 3.20. The van der Waals surface area contributed by atoms with E-state index in [0.717, 1.165) is 18.9 Å². The maximum absolute atomic E-state index is 5.47. The van der Waals surface area contributed by atoms with Crippen molar-refractivity contribution in [3.05, 3.63) is 0 Å². The Morgan fingerprint density at radius 3 is 1.90 bits per heavy atom. The molecule has 0 spiro atoms. The second-order valence-corrected chi connectivity index (χ2v) is 6.41. The predicted octanol–water partition coefficient (Wildman–Crippen LogP) is 6.04. The number of unbranched alkanes of at least 4 members (excludes halogenated alkanes) is 8. The van der Waals surface area contributed by atoms with E-state index in [1.165, 1.54) is 77.0 Å². The molecular formula is C18H36O2. The van der Waals surface area contributed by atoms with Crippen LogP contribution in [0.25, 0.3) is 0 Å². The largest absolute Gasteiger partial charge is 0.236 e. The minimum absolute atomic E-state index is 0.382. The summed E-state index contributed by atoms with van der Waals surface area (Å²) < 4.78 is 0. The molecule has 0 aliphatic carbocycles. The molecule has 1 aliphatic rings. The maximum Gasteiger partial charge on any atom is 0.0981 e. The average molecular weight is 284 g/mol. The molecule has 0 saturated carbocycles. The van der Waals surface area contributed by atoms with Crippen molar-refractivity contribution in [2.24, 2.45) is 5.92 Å². The van der Waals surface area contributed by atoms with Crippen molar-refractivity contribution in [1.82, 2.24) is 0 Å². The van der Waals surface area contributed by atoms with Gasteiger partial charge in [-0.2, -0.15) is 0 Å². The standard InChI is InChI=1S/C18H36O2/c1-3-5-7-9-10-12-14-17(13-11-8-6-4-2)18-15-16-19-20-18/h17-18H,3-16H2,1-2H3. The van der Waals surface area contributed by atoms with Crippen LogP contribution in [0.4, 0.5) is 0 Å². The molecule has 0 N–H and O–H groups in total. The lowest BCUT2D eigenvalue weighted by atomic mass is 9.88. The van der Waals surface area contributed by atoms with Crippen LogP contribution < -0.4 is 0 Å². The third-order valence-electron chi connectivity index (χ3n) is 4.56. The van der Waals surface area contributed by atoms with E-state index in [0.29, 0.717) is 6.10 Å². The first-order valence-corrected chi connectivity index (χ1v) is 9.16. The van der Waals surface area contributed by atoms with Crippen molar-refractivity contribution in [3.8, 4) is 0 Å². The molecule has 0 amide bonds. The first-order valence-electron chi connectivity index (χ1n) is 9.16. The highest BCUT2D eigenvalue weighted by molar-refractivity contribution is 4.72. The van der Waals surface area contributed by atoms with E-state index in [1.807, 2.05) is 0 Å². The van der Waals surface area contributed by atoms with Gasteiger partial charge in [0, 0.05) is 6.42 Å². The first kappa shape index (κ1) is 18.0. The Morgan fingerprint density at radius 2 is 1.35 bits per heavy atom. The van der Waals surface area contributed by atoms with E-state index in [4.69, 9.17) is 9.78 Å². The molecule has 1 fully saturated rings. The van der Waals surface area contributed by atoms with Crippen LogP contribution in [0.2, 0.25) is 0 Å². The molecule has 1 aliphatic heterocycles. The van der Waals surface area contributed by atoms with Crippen LogP contribution in [0.15, 0.2) is 0 Å². The average Bonchev–Trinajstić information content (AvgIpc) is 2.99. The van der Waals surface area contributed by atoms with Gasteiger partial charge in [-0.15, -0.1) is 0 Å². The zero-order valence-corrected chi connectivity index (χ0v) is 13.9. The molecule has 0 aromatic heterocycles. The molecular weight excluding hydrogens is 248 g/mol. The Morgan fingerprint density at radius 1 is 0.800 bits per heavy atom. The molecule has 1 saturated heterocycles. The summed E-state index contributed by atoms with van der Waals surface area (Å²) in [5.41, 5.74) is 0. The monoisotopic (exact) mass is 284 g/mol. The van der Waals surface area contributed by atoms with Crippen molar-refractivity contribution in [2.45, 2.75) is 103 Å². The highest BCUT2D eigenvalue weighted by Gasteiger charge is 2.26. The SMILES string of the molecule is CCCCCCCCC(CCCCCC)C1CCOO1. The Bertz CT molecular complexity index is 200. The summed E-state index contributed by atoms with van der Waals surface area (Å²) in [5.74, 6) is 0.737. The van der Waals surface area contributed by atoms with Crippen LogP contribution in [0.5, 0.6) is 0 Å². The highest BCUT2D eigenvalue weighted by Crippen LogP contribution is 2.28. The molecule has 2 unspecified atom stereocenters. The van der Waals surface area contributed by atoms with E-state index in [2.05, 4.69) is 13.8 Å². The molecule has 20 heavy (non-hydrogen) atoms. The predicted molar refractivity (Wildman–Crippen MR) is 85.7 cm³/mol. The molecule has 2 atom stereocenters. The van der Waals surface area contributed by atoms with Gasteiger partial charge in [0.05, 0.1) is 12.7 Å².